The topological polar surface area (TPSA) is 178 Å². The first-order chi connectivity index (χ1) is 33.9. The molecule has 0 aromatic heterocycles. The molecule has 0 amide bonds. The van der Waals surface area contributed by atoms with Crippen LogP contribution in [0.15, 0.2) is 199 Å². The minimum Gasteiger partial charge on any atom is -0.412 e. The van der Waals surface area contributed by atoms with Crippen LogP contribution in [0.2, 0.25) is 0 Å². The Morgan fingerprint density at radius 3 is 0.495 bits per heavy atom. The zero-order valence-electron chi connectivity index (χ0n) is 57.9. The quantitative estimate of drug-likeness (QED) is 0.126. The molecule has 4 bridgehead atoms. The summed E-state index contributed by atoms with van der Waals surface area (Å²) in [7, 11) is -8.96. The van der Waals surface area contributed by atoms with Gasteiger partial charge in [0.05, 0.1) is 4.90 Å². The monoisotopic (exact) mass is 1700 g/mol. The van der Waals surface area contributed by atoms with Gasteiger partial charge in [-0.15, -0.1) is 10.2 Å². The fourth-order valence-electron chi connectivity index (χ4n) is 7.65. The fourth-order valence-corrected chi connectivity index (χ4v) is 8.13. The Labute approximate surface area is 640 Å². The summed E-state index contributed by atoms with van der Waals surface area (Å²) >= 11 is 0. The number of benzene rings is 1. The van der Waals surface area contributed by atoms with E-state index in [-0.39, 0.29) is 222 Å². The van der Waals surface area contributed by atoms with Crippen LogP contribution < -0.4 is 18.6 Å². The van der Waals surface area contributed by atoms with Crippen LogP contribution in [0.3, 0.4) is 0 Å². The first-order valence-electron chi connectivity index (χ1n) is 25.8. The predicted molar refractivity (Wildman–Crippen MR) is 405 cm³/mol. The van der Waals surface area contributed by atoms with E-state index >= 15 is 0 Å². The van der Waals surface area contributed by atoms with Gasteiger partial charge < -0.3 is 109 Å². The number of halogens is 1. The molecular weight excluding hydrogens is 1560 g/mol. The molecule has 0 saturated carbocycles. The van der Waals surface area contributed by atoms with E-state index in [9.17, 15) is 8.42 Å². The number of aryl methyl sites for hydroxylation is 1. The molecule has 10 rings (SSSR count). The summed E-state index contributed by atoms with van der Waals surface area (Å²) in [6.45, 7) is 1.84. The zero-order valence-corrected chi connectivity index (χ0v) is 66.0. The SMILES string of the molecule is C.C.C.C.C1=CC2C=CC1C2.C1=CC2C=CC1C2.C1=CCC/C=C\CC1.C1=CCC/C=C\CC1.C1=CCC/C=C\CC1.C1=CCC/C=C\CC1.C1=CCC/C=C\CC1.Cc1ccc(S(=O)(=O)O)cc1.O.[CH3-].[CH3-].[CH3-].[CH3-].[CH3-].[CH3-].[CH3-].[CH3-].[CH3-].[CH3-].[CH3-].[CH3-].[CH3-].[CH3-].[O-][Cl+3]([O-])([O-])[O-].[Rh+2].[Rh].[Rh].[Rh]. The zero-order chi connectivity index (χ0) is 50.6. The van der Waals surface area contributed by atoms with E-state index in [0.717, 1.165) is 29.2 Å². The third kappa shape index (κ3) is 104. The maximum atomic E-state index is 10.5. The molecule has 0 unspecified atom stereocenters. The molecule has 570 valence electrons. The van der Waals surface area contributed by atoms with Crippen molar-refractivity contribution >= 4 is 10.1 Å². The van der Waals surface area contributed by atoms with E-state index in [1.165, 1.54) is 153 Å². The third-order valence-electron chi connectivity index (χ3n) is 11.5. The van der Waals surface area contributed by atoms with Crippen LogP contribution in [0.1, 0.15) is 177 Å². The van der Waals surface area contributed by atoms with Crippen LogP contribution in [0, 0.1) is 145 Å². The van der Waals surface area contributed by atoms with Gasteiger partial charge in [0.15, 0.2) is 0 Å². The molecule has 1 aromatic rings. The van der Waals surface area contributed by atoms with E-state index < -0.39 is 20.4 Å². The largest absolute Gasteiger partial charge is 2.00 e. The van der Waals surface area contributed by atoms with Crippen molar-refractivity contribution in [1.29, 1.82) is 0 Å². The van der Waals surface area contributed by atoms with Gasteiger partial charge >= 0.3 is 19.5 Å². The van der Waals surface area contributed by atoms with Crippen molar-refractivity contribution in [3.05, 3.63) is 304 Å². The molecule has 1 aromatic carbocycles. The van der Waals surface area contributed by atoms with Gasteiger partial charge in [-0.05, 0) is 184 Å². The normalized spacial score (nSPS) is 18.9. The number of fused-ring (bicyclic) bond motifs is 4. The van der Waals surface area contributed by atoms with Crippen molar-refractivity contribution < 1.29 is 125 Å². The molecule has 0 heterocycles. The third-order valence-corrected chi connectivity index (χ3v) is 12.4. The van der Waals surface area contributed by atoms with Gasteiger partial charge in [0, 0.05) is 58.4 Å². The summed E-state index contributed by atoms with van der Waals surface area (Å²) in [4.78, 5) is -0.0666. The molecule has 14 heteroatoms. The smallest absolute Gasteiger partial charge is 0.412 e. The summed E-state index contributed by atoms with van der Waals surface area (Å²) in [6.07, 6.45) is 91.1. The summed E-state index contributed by atoms with van der Waals surface area (Å²) in [6, 6.07) is 5.99. The molecule has 9 aliphatic carbocycles. The van der Waals surface area contributed by atoms with Gasteiger partial charge in [-0.1, -0.05) is 218 Å². The number of allylic oxidation sites excluding steroid dienone is 28. The summed E-state index contributed by atoms with van der Waals surface area (Å²) < 4.78 is 63.5. The Kier molecular flexibility index (Phi) is 177. The second-order valence-corrected chi connectivity index (χ2v) is 20.0. The molecule has 0 fully saturated rings. The van der Waals surface area contributed by atoms with E-state index in [2.05, 4.69) is 170 Å². The van der Waals surface area contributed by atoms with Gasteiger partial charge in [0.25, 0.3) is 10.1 Å². The van der Waals surface area contributed by atoms with E-state index in [4.69, 9.17) is 23.2 Å². The van der Waals surface area contributed by atoms with Crippen LogP contribution in [0.4, 0.5) is 0 Å². The molecule has 0 atom stereocenters. The van der Waals surface area contributed by atoms with E-state index in [1.54, 1.807) is 12.1 Å². The molecule has 9 aliphatic rings. The number of rotatable bonds is 1. The summed E-state index contributed by atoms with van der Waals surface area (Å²) in [5, 5.41) is 0. The second-order valence-electron chi connectivity index (χ2n) is 17.8. The van der Waals surface area contributed by atoms with Crippen molar-refractivity contribution in [1.82, 2.24) is 0 Å². The van der Waals surface area contributed by atoms with Gasteiger partial charge in [0.1, 0.15) is 0 Å². The molecule has 8 nitrogen and oxygen atoms in total. The Hall–Kier alpha value is -1.93. The van der Waals surface area contributed by atoms with Crippen molar-refractivity contribution in [3.8, 4) is 0 Å². The van der Waals surface area contributed by atoms with Crippen LogP contribution in [0.25, 0.3) is 0 Å². The van der Waals surface area contributed by atoms with E-state index in [0.29, 0.717) is 0 Å². The number of hydrogen-bond donors (Lipinski definition) is 1. The fraction of sp³-hybridized carbons (Fsp3) is 0.392. The van der Waals surface area contributed by atoms with Crippen molar-refractivity contribution in [2.45, 2.75) is 183 Å². The molecule has 0 aliphatic heterocycles. The maximum Gasteiger partial charge on any atom is 2.00 e. The minimum absolute atomic E-state index is 0. The predicted octanol–water partition coefficient (Wildman–Crippen LogP) is 21.4. The Morgan fingerprint density at radius 2 is 0.419 bits per heavy atom. The molecule has 93 heavy (non-hydrogen) atoms. The average Bonchev–Trinajstić information content (AvgIpc) is 4.10. The molecule has 0 spiro atoms. The summed E-state index contributed by atoms with van der Waals surface area (Å²) in [5.41, 5.74) is 0.956. The maximum absolute atomic E-state index is 10.5. The average molecular weight is 1700 g/mol. The minimum atomic E-state index is -4.94. The first-order valence-corrected chi connectivity index (χ1v) is 28.5. The van der Waals surface area contributed by atoms with Crippen molar-refractivity contribution in [2.24, 2.45) is 23.7 Å². The molecular formula is C79H144ClO8Rh4S-13. The first kappa shape index (κ1) is 155. The Morgan fingerprint density at radius 1 is 0.312 bits per heavy atom. The summed E-state index contributed by atoms with van der Waals surface area (Å²) in [5.74, 6) is 3.24. The van der Waals surface area contributed by atoms with Crippen LogP contribution in [0.5, 0.6) is 0 Å². The van der Waals surface area contributed by atoms with Crippen molar-refractivity contribution in [2.75, 3.05) is 0 Å². The van der Waals surface area contributed by atoms with Gasteiger partial charge in [-0.3, -0.25) is 4.55 Å². The number of hydrogen-bond acceptors (Lipinski definition) is 6. The van der Waals surface area contributed by atoms with E-state index in [1.807, 2.05) is 6.92 Å². The Bertz CT molecular complexity index is 1680. The van der Waals surface area contributed by atoms with Gasteiger partial charge in [-0.2, -0.15) is 8.42 Å². The molecule has 3 N–H and O–H groups in total. The van der Waals surface area contributed by atoms with Gasteiger partial charge in [0.2, 0.25) is 0 Å². The van der Waals surface area contributed by atoms with Crippen molar-refractivity contribution in [3.63, 3.8) is 0 Å². The standard InChI is InChI=1S/5C8H12.C7H8O3S.2C7H8.4CH4.14CH3.ClHO4.H2O.4Rh/c5*1-2-4-6-8-7-5-3-1;1-6-2-4-7(5-3-6)11(8,9)10;2*1-2-7-4-3-6(1)5-7;;;;;;;;;;;;;;;;;;;2-1(3,4)5;;;;;/h5*1-2,7-8H,3-6H2;2-5H,1H3,(H,8,9,10);2*1-4,6-7H,5H2;4*1H4;14*1H3;(H,2,3,4,5);1H2;;;;/q;;;;;;;;;;;;14*-1;;;;;;+2/p-1/b5*2-1-,8-7?;;;;;;;;;;;;;;;;;;;;;;;;;;;. The van der Waals surface area contributed by atoms with Crippen LogP contribution >= 0.6 is 0 Å². The van der Waals surface area contributed by atoms with Crippen LogP contribution in [-0.4, -0.2) is 18.4 Å². The van der Waals surface area contributed by atoms with Crippen LogP contribution in [-0.2, 0) is 88.0 Å². The Balaban J connectivity index is -0.0000000297. The van der Waals surface area contributed by atoms with Gasteiger partial charge in [-0.25, -0.2) is 18.6 Å². The second kappa shape index (κ2) is 106. The molecule has 4 radical (unpaired) electrons. The molecule has 0 saturated heterocycles.